The molecule has 1 unspecified atom stereocenters. The molecule has 0 amide bonds. The van der Waals surface area contributed by atoms with Gasteiger partial charge < -0.3 is 4.74 Å². The lowest BCUT2D eigenvalue weighted by atomic mass is 9.91. The standard InChI is InChI=1S/C15H15NO2/c1-11-2-6-13(7-3-11)15(17)18-14-8-4-12(10-16)5-9-14/h4-6,8-9,11H,2-3,7H2,1H3. The third-order valence-corrected chi connectivity index (χ3v) is 3.13. The molecule has 0 N–H and O–H groups in total. The lowest BCUT2D eigenvalue weighted by molar-refractivity contribution is -0.130. The molecule has 1 aliphatic rings. The van der Waals surface area contributed by atoms with E-state index in [-0.39, 0.29) is 5.97 Å². The zero-order valence-electron chi connectivity index (χ0n) is 10.3. The first-order chi connectivity index (χ1) is 8.69. The molecule has 1 aromatic carbocycles. The Morgan fingerprint density at radius 2 is 2.11 bits per heavy atom. The molecule has 1 aromatic rings. The number of hydrogen-bond acceptors (Lipinski definition) is 3. The summed E-state index contributed by atoms with van der Waals surface area (Å²) in [7, 11) is 0. The lowest BCUT2D eigenvalue weighted by Crippen LogP contribution is -2.15. The highest BCUT2D eigenvalue weighted by Gasteiger charge is 2.17. The van der Waals surface area contributed by atoms with Crippen LogP contribution in [-0.4, -0.2) is 5.97 Å². The maximum atomic E-state index is 11.9. The Hall–Kier alpha value is -2.08. The van der Waals surface area contributed by atoms with E-state index in [1.807, 2.05) is 12.1 Å². The van der Waals surface area contributed by atoms with Crippen LogP contribution in [0, 0.1) is 17.2 Å². The molecule has 18 heavy (non-hydrogen) atoms. The summed E-state index contributed by atoms with van der Waals surface area (Å²) in [5, 5.41) is 8.67. The van der Waals surface area contributed by atoms with Gasteiger partial charge in [0.15, 0.2) is 0 Å². The molecule has 0 aliphatic heterocycles. The maximum Gasteiger partial charge on any atom is 0.339 e. The molecular formula is C15H15NO2. The van der Waals surface area contributed by atoms with Gasteiger partial charge in [-0.2, -0.15) is 5.26 Å². The highest BCUT2D eigenvalue weighted by molar-refractivity contribution is 5.90. The van der Waals surface area contributed by atoms with Gasteiger partial charge in [0.05, 0.1) is 11.6 Å². The zero-order valence-corrected chi connectivity index (χ0v) is 10.3. The first-order valence-electron chi connectivity index (χ1n) is 6.10. The minimum Gasteiger partial charge on any atom is -0.423 e. The number of carbonyl (C=O) groups excluding carboxylic acids is 1. The van der Waals surface area contributed by atoms with E-state index in [9.17, 15) is 4.79 Å². The summed E-state index contributed by atoms with van der Waals surface area (Å²) in [6.07, 6.45) is 4.74. The molecule has 3 nitrogen and oxygen atoms in total. The molecule has 0 saturated heterocycles. The van der Waals surface area contributed by atoms with Crippen molar-refractivity contribution in [2.24, 2.45) is 5.92 Å². The van der Waals surface area contributed by atoms with Crippen molar-refractivity contribution in [2.75, 3.05) is 0 Å². The molecule has 3 heteroatoms. The Morgan fingerprint density at radius 3 is 2.67 bits per heavy atom. The number of nitriles is 1. The summed E-state index contributed by atoms with van der Waals surface area (Å²) in [6.45, 7) is 2.18. The predicted octanol–water partition coefficient (Wildman–Crippen LogP) is 3.21. The van der Waals surface area contributed by atoms with Gasteiger partial charge in [0.2, 0.25) is 0 Å². The van der Waals surface area contributed by atoms with Crippen molar-refractivity contribution in [3.63, 3.8) is 0 Å². The number of allylic oxidation sites excluding steroid dienone is 1. The number of esters is 1. The normalized spacial score (nSPS) is 18.7. The van der Waals surface area contributed by atoms with Crippen LogP contribution in [0.2, 0.25) is 0 Å². The van der Waals surface area contributed by atoms with E-state index < -0.39 is 0 Å². The fraction of sp³-hybridized carbons (Fsp3) is 0.333. The van der Waals surface area contributed by atoms with Crippen LogP contribution in [0.3, 0.4) is 0 Å². The van der Waals surface area contributed by atoms with Gasteiger partial charge in [-0.3, -0.25) is 0 Å². The fourth-order valence-electron chi connectivity index (χ4n) is 1.92. The van der Waals surface area contributed by atoms with Crippen molar-refractivity contribution in [3.8, 4) is 11.8 Å². The van der Waals surface area contributed by atoms with Gasteiger partial charge in [-0.05, 0) is 49.4 Å². The Kier molecular flexibility index (Phi) is 3.78. The van der Waals surface area contributed by atoms with Crippen LogP contribution in [0.15, 0.2) is 35.9 Å². The molecule has 0 aromatic heterocycles. The van der Waals surface area contributed by atoms with E-state index in [0.29, 0.717) is 17.2 Å². The summed E-state index contributed by atoms with van der Waals surface area (Å²) >= 11 is 0. The molecule has 0 bridgehead atoms. The molecule has 0 saturated carbocycles. The van der Waals surface area contributed by atoms with Crippen LogP contribution >= 0.6 is 0 Å². The molecule has 0 spiro atoms. The smallest absolute Gasteiger partial charge is 0.339 e. The van der Waals surface area contributed by atoms with Gasteiger partial charge in [0.25, 0.3) is 0 Å². The van der Waals surface area contributed by atoms with E-state index >= 15 is 0 Å². The molecule has 1 aliphatic carbocycles. The average molecular weight is 241 g/mol. The molecular weight excluding hydrogens is 226 g/mol. The van der Waals surface area contributed by atoms with Crippen molar-refractivity contribution >= 4 is 5.97 Å². The summed E-state index contributed by atoms with van der Waals surface area (Å²) in [5.74, 6) is 0.863. The minimum absolute atomic E-state index is 0.272. The van der Waals surface area contributed by atoms with Gasteiger partial charge in [-0.15, -0.1) is 0 Å². The number of benzene rings is 1. The van der Waals surface area contributed by atoms with Crippen molar-refractivity contribution in [3.05, 3.63) is 41.5 Å². The second-order valence-corrected chi connectivity index (χ2v) is 4.63. The predicted molar refractivity (Wildman–Crippen MR) is 67.9 cm³/mol. The highest BCUT2D eigenvalue weighted by atomic mass is 16.5. The number of ether oxygens (including phenoxy) is 1. The van der Waals surface area contributed by atoms with Gasteiger partial charge in [-0.1, -0.05) is 13.0 Å². The molecule has 0 heterocycles. The van der Waals surface area contributed by atoms with Crippen LogP contribution < -0.4 is 4.74 Å². The number of nitrogens with zero attached hydrogens (tertiary/aromatic N) is 1. The summed E-state index contributed by atoms with van der Waals surface area (Å²) < 4.78 is 5.27. The summed E-state index contributed by atoms with van der Waals surface area (Å²) in [6, 6.07) is 8.58. The molecule has 0 radical (unpaired) electrons. The van der Waals surface area contributed by atoms with Crippen LogP contribution in [-0.2, 0) is 4.79 Å². The molecule has 2 rings (SSSR count). The fourth-order valence-corrected chi connectivity index (χ4v) is 1.92. The lowest BCUT2D eigenvalue weighted by Gasteiger charge is -2.17. The third kappa shape index (κ3) is 2.98. The average Bonchev–Trinajstić information content (AvgIpc) is 2.40. The van der Waals surface area contributed by atoms with Crippen molar-refractivity contribution in [1.82, 2.24) is 0 Å². The van der Waals surface area contributed by atoms with Crippen LogP contribution in [0.5, 0.6) is 5.75 Å². The zero-order chi connectivity index (χ0) is 13.0. The Morgan fingerprint density at radius 1 is 1.39 bits per heavy atom. The van der Waals surface area contributed by atoms with Crippen molar-refractivity contribution in [2.45, 2.75) is 26.2 Å². The van der Waals surface area contributed by atoms with Crippen molar-refractivity contribution < 1.29 is 9.53 Å². The molecule has 0 fully saturated rings. The largest absolute Gasteiger partial charge is 0.423 e. The first kappa shape index (κ1) is 12.4. The quantitative estimate of drug-likeness (QED) is 0.590. The first-order valence-corrected chi connectivity index (χ1v) is 6.10. The summed E-state index contributed by atoms with van der Waals surface area (Å²) in [4.78, 5) is 11.9. The second-order valence-electron chi connectivity index (χ2n) is 4.63. The number of carbonyl (C=O) groups is 1. The van der Waals surface area contributed by atoms with Gasteiger partial charge in [-0.25, -0.2) is 4.79 Å². The second kappa shape index (κ2) is 5.50. The number of rotatable bonds is 2. The van der Waals surface area contributed by atoms with E-state index in [2.05, 4.69) is 6.92 Å². The summed E-state index contributed by atoms with van der Waals surface area (Å²) in [5.41, 5.74) is 1.32. The number of hydrogen-bond donors (Lipinski definition) is 0. The van der Waals surface area contributed by atoms with E-state index in [4.69, 9.17) is 10.00 Å². The van der Waals surface area contributed by atoms with Gasteiger partial charge in [0.1, 0.15) is 5.75 Å². The van der Waals surface area contributed by atoms with Crippen LogP contribution in [0.1, 0.15) is 31.7 Å². The van der Waals surface area contributed by atoms with E-state index in [0.717, 1.165) is 24.8 Å². The Labute approximate surface area is 107 Å². The highest BCUT2D eigenvalue weighted by Crippen LogP contribution is 2.24. The SMILES string of the molecule is CC1CC=C(C(=O)Oc2ccc(C#N)cc2)CC1. The Balaban J connectivity index is 2.01. The Bertz CT molecular complexity index is 508. The topological polar surface area (TPSA) is 50.1 Å². The molecule has 92 valence electrons. The maximum absolute atomic E-state index is 11.9. The van der Waals surface area contributed by atoms with Gasteiger partial charge in [0, 0.05) is 5.57 Å². The minimum atomic E-state index is -0.272. The molecule has 1 atom stereocenters. The van der Waals surface area contributed by atoms with Crippen molar-refractivity contribution in [1.29, 1.82) is 5.26 Å². The van der Waals surface area contributed by atoms with E-state index in [1.54, 1.807) is 24.3 Å². The van der Waals surface area contributed by atoms with Crippen LogP contribution in [0.25, 0.3) is 0 Å². The monoisotopic (exact) mass is 241 g/mol. The van der Waals surface area contributed by atoms with Crippen LogP contribution in [0.4, 0.5) is 0 Å². The third-order valence-electron chi connectivity index (χ3n) is 3.13. The van der Waals surface area contributed by atoms with E-state index in [1.165, 1.54) is 0 Å². The van der Waals surface area contributed by atoms with Gasteiger partial charge >= 0.3 is 5.97 Å².